The van der Waals surface area contributed by atoms with Gasteiger partial charge in [0.2, 0.25) is 0 Å². The van der Waals surface area contributed by atoms with Gasteiger partial charge >= 0.3 is 0 Å². The number of hydrogen-bond acceptors (Lipinski definition) is 4. The molecule has 1 aliphatic heterocycles. The van der Waals surface area contributed by atoms with Crippen LogP contribution in [-0.4, -0.2) is 32.3 Å². The van der Waals surface area contributed by atoms with Crippen molar-refractivity contribution in [3.8, 4) is 0 Å². The summed E-state index contributed by atoms with van der Waals surface area (Å²) in [4.78, 5) is 14.9. The fraction of sp³-hybridized carbons (Fsp3) is 0.588. The molecule has 0 aromatic carbocycles. The summed E-state index contributed by atoms with van der Waals surface area (Å²) in [5.74, 6) is 0.803. The number of likely N-dealkylation sites (tertiary alicyclic amines) is 1. The highest BCUT2D eigenvalue weighted by molar-refractivity contribution is 5.95. The quantitative estimate of drug-likeness (QED) is 0.853. The van der Waals surface area contributed by atoms with Gasteiger partial charge in [0.25, 0.3) is 5.91 Å². The second kappa shape index (κ2) is 5.51. The van der Waals surface area contributed by atoms with Gasteiger partial charge in [0.05, 0.1) is 23.3 Å². The van der Waals surface area contributed by atoms with E-state index >= 15 is 0 Å². The van der Waals surface area contributed by atoms with Gasteiger partial charge < -0.3 is 9.42 Å². The number of carbonyl (C=O) groups excluding carboxylic acids is 1. The highest BCUT2D eigenvalue weighted by atomic mass is 16.5. The van der Waals surface area contributed by atoms with Crippen LogP contribution in [0.15, 0.2) is 16.8 Å². The number of aryl methyl sites for hydroxylation is 1. The summed E-state index contributed by atoms with van der Waals surface area (Å²) in [6.45, 7) is 10.8. The van der Waals surface area contributed by atoms with Gasteiger partial charge in [-0.25, -0.2) is 0 Å². The molecule has 6 nitrogen and oxygen atoms in total. The lowest BCUT2D eigenvalue weighted by atomic mass is 10.1. The third kappa shape index (κ3) is 2.78. The highest BCUT2D eigenvalue weighted by Gasteiger charge is 2.34. The van der Waals surface area contributed by atoms with Crippen LogP contribution in [-0.2, 0) is 5.54 Å². The molecule has 0 radical (unpaired) electrons. The normalized spacial score (nSPS) is 18.7. The van der Waals surface area contributed by atoms with Crippen molar-refractivity contribution in [1.82, 2.24) is 19.8 Å². The van der Waals surface area contributed by atoms with Crippen LogP contribution in [0.4, 0.5) is 0 Å². The molecule has 1 aliphatic rings. The van der Waals surface area contributed by atoms with E-state index in [1.165, 1.54) is 0 Å². The Hall–Kier alpha value is -2.11. The van der Waals surface area contributed by atoms with Crippen molar-refractivity contribution in [3.63, 3.8) is 0 Å². The zero-order valence-electron chi connectivity index (χ0n) is 14.5. The first kappa shape index (κ1) is 15.8. The van der Waals surface area contributed by atoms with E-state index in [0.717, 1.165) is 36.5 Å². The maximum absolute atomic E-state index is 13.0. The molecule has 1 atom stereocenters. The predicted molar refractivity (Wildman–Crippen MR) is 86.2 cm³/mol. The molecule has 3 rings (SSSR count). The average molecular weight is 316 g/mol. The fourth-order valence-corrected chi connectivity index (χ4v) is 3.31. The fourth-order valence-electron chi connectivity index (χ4n) is 3.31. The molecule has 23 heavy (non-hydrogen) atoms. The largest absolute Gasteiger partial charge is 0.361 e. The zero-order valence-corrected chi connectivity index (χ0v) is 14.5. The summed E-state index contributed by atoms with van der Waals surface area (Å²) in [5, 5.41) is 8.52. The van der Waals surface area contributed by atoms with Crippen molar-refractivity contribution < 1.29 is 9.32 Å². The molecule has 2 aromatic rings. The maximum atomic E-state index is 13.0. The predicted octanol–water partition coefficient (Wildman–Crippen LogP) is 3.22. The SMILES string of the molecule is Cc1cc([C@@H]2CCCN2C(=O)c2cnn(C(C)(C)C)c2C)no1. The van der Waals surface area contributed by atoms with E-state index < -0.39 is 0 Å². The third-order valence-corrected chi connectivity index (χ3v) is 4.38. The van der Waals surface area contributed by atoms with Gasteiger partial charge in [0.15, 0.2) is 0 Å². The van der Waals surface area contributed by atoms with E-state index in [2.05, 4.69) is 31.0 Å². The molecule has 0 spiro atoms. The zero-order chi connectivity index (χ0) is 16.8. The summed E-state index contributed by atoms with van der Waals surface area (Å²) in [5.41, 5.74) is 2.28. The lowest BCUT2D eigenvalue weighted by Gasteiger charge is -2.24. The van der Waals surface area contributed by atoms with Gasteiger partial charge in [0.1, 0.15) is 11.5 Å². The molecule has 124 valence electrons. The van der Waals surface area contributed by atoms with Crippen LogP contribution in [0.2, 0.25) is 0 Å². The average Bonchev–Trinajstić information content (AvgIpc) is 3.15. The number of amides is 1. The van der Waals surface area contributed by atoms with E-state index in [-0.39, 0.29) is 17.5 Å². The second-order valence-corrected chi connectivity index (χ2v) is 7.25. The molecule has 6 heteroatoms. The van der Waals surface area contributed by atoms with Crippen molar-refractivity contribution in [2.45, 2.75) is 59.0 Å². The van der Waals surface area contributed by atoms with Gasteiger partial charge in [-0.3, -0.25) is 9.48 Å². The lowest BCUT2D eigenvalue weighted by Crippen LogP contribution is -2.31. The van der Waals surface area contributed by atoms with E-state index in [1.807, 2.05) is 29.5 Å². The highest BCUT2D eigenvalue weighted by Crippen LogP contribution is 2.33. The molecule has 1 saturated heterocycles. The summed E-state index contributed by atoms with van der Waals surface area (Å²) in [7, 11) is 0. The molecular weight excluding hydrogens is 292 g/mol. The summed E-state index contributed by atoms with van der Waals surface area (Å²) in [6, 6.07) is 1.92. The molecule has 1 fully saturated rings. The molecule has 0 bridgehead atoms. The van der Waals surface area contributed by atoms with Crippen LogP contribution in [0.25, 0.3) is 0 Å². The van der Waals surface area contributed by atoms with Crippen LogP contribution < -0.4 is 0 Å². The van der Waals surface area contributed by atoms with Crippen molar-refractivity contribution in [3.05, 3.63) is 35.0 Å². The van der Waals surface area contributed by atoms with Crippen LogP contribution in [0.5, 0.6) is 0 Å². The molecular formula is C17H24N4O2. The van der Waals surface area contributed by atoms with Gasteiger partial charge in [0, 0.05) is 18.3 Å². The van der Waals surface area contributed by atoms with Gasteiger partial charge in [-0.1, -0.05) is 5.16 Å². The van der Waals surface area contributed by atoms with Crippen molar-refractivity contribution >= 4 is 5.91 Å². The first-order valence-electron chi connectivity index (χ1n) is 8.08. The Kier molecular flexibility index (Phi) is 3.78. The molecule has 2 aromatic heterocycles. The van der Waals surface area contributed by atoms with E-state index in [1.54, 1.807) is 6.20 Å². The number of rotatable bonds is 2. The van der Waals surface area contributed by atoms with Crippen molar-refractivity contribution in [2.75, 3.05) is 6.54 Å². The van der Waals surface area contributed by atoms with E-state index in [0.29, 0.717) is 5.56 Å². The van der Waals surface area contributed by atoms with Crippen molar-refractivity contribution in [1.29, 1.82) is 0 Å². The monoisotopic (exact) mass is 316 g/mol. The Labute approximate surface area is 136 Å². The Balaban J connectivity index is 1.89. The van der Waals surface area contributed by atoms with E-state index in [9.17, 15) is 4.79 Å². The van der Waals surface area contributed by atoms with Gasteiger partial charge in [-0.05, 0) is 47.5 Å². The summed E-state index contributed by atoms with van der Waals surface area (Å²) in [6.07, 6.45) is 3.59. The smallest absolute Gasteiger partial charge is 0.257 e. The number of nitrogens with zero attached hydrogens (tertiary/aromatic N) is 4. The van der Waals surface area contributed by atoms with Crippen LogP contribution in [0.3, 0.4) is 0 Å². The van der Waals surface area contributed by atoms with E-state index in [4.69, 9.17) is 4.52 Å². The van der Waals surface area contributed by atoms with Crippen molar-refractivity contribution in [2.24, 2.45) is 0 Å². The van der Waals surface area contributed by atoms with Crippen LogP contribution in [0.1, 0.15) is 67.2 Å². The minimum absolute atomic E-state index is 0.00247. The van der Waals surface area contributed by atoms with Gasteiger partial charge in [-0.15, -0.1) is 0 Å². The number of carbonyl (C=O) groups is 1. The Bertz CT molecular complexity index is 723. The van der Waals surface area contributed by atoms with Crippen LogP contribution in [0, 0.1) is 13.8 Å². The minimum Gasteiger partial charge on any atom is -0.361 e. The number of aromatic nitrogens is 3. The molecule has 3 heterocycles. The molecule has 1 amide bonds. The maximum Gasteiger partial charge on any atom is 0.257 e. The summed E-state index contributed by atoms with van der Waals surface area (Å²) < 4.78 is 7.09. The third-order valence-electron chi connectivity index (χ3n) is 4.38. The standard InChI is InChI=1S/C17H24N4O2/c1-11-9-14(19-23-11)15-7-6-8-20(15)16(22)13-10-18-21(12(13)2)17(3,4)5/h9-10,15H,6-8H2,1-5H3/t15-/m0/s1. The van der Waals surface area contributed by atoms with Crippen LogP contribution >= 0.6 is 0 Å². The molecule has 0 unspecified atom stereocenters. The first-order chi connectivity index (χ1) is 10.8. The summed E-state index contributed by atoms with van der Waals surface area (Å²) >= 11 is 0. The Morgan fingerprint density at radius 3 is 2.65 bits per heavy atom. The lowest BCUT2D eigenvalue weighted by molar-refractivity contribution is 0.0729. The Morgan fingerprint density at radius 1 is 1.35 bits per heavy atom. The molecule has 0 aliphatic carbocycles. The Morgan fingerprint density at radius 2 is 2.09 bits per heavy atom. The number of hydrogen-bond donors (Lipinski definition) is 0. The molecule has 0 saturated carbocycles. The molecule has 0 N–H and O–H groups in total. The first-order valence-corrected chi connectivity index (χ1v) is 8.08. The second-order valence-electron chi connectivity index (χ2n) is 7.25. The topological polar surface area (TPSA) is 64.2 Å². The minimum atomic E-state index is -0.143. The van der Waals surface area contributed by atoms with Gasteiger partial charge in [-0.2, -0.15) is 5.10 Å².